The van der Waals surface area contributed by atoms with Crippen LogP contribution in [0.4, 0.5) is 0 Å². The maximum absolute atomic E-state index is 14.7. The van der Waals surface area contributed by atoms with Gasteiger partial charge in [-0.3, -0.25) is 9.69 Å². The van der Waals surface area contributed by atoms with E-state index in [9.17, 15) is 4.79 Å². The Labute approximate surface area is 372 Å². The van der Waals surface area contributed by atoms with Crippen LogP contribution in [0.3, 0.4) is 0 Å². The largest absolute Gasteiger partial charge is 0.464 e. The maximum Gasteiger partial charge on any atom is 0.326 e. The third kappa shape index (κ3) is 36.5. The normalized spacial score (nSPS) is 12.5. The molecule has 0 fully saturated rings. The first-order valence-corrected chi connectivity index (χ1v) is 27.4. The Hall–Kier alpha value is -0.650. The van der Waals surface area contributed by atoms with Crippen LogP contribution in [0.2, 0.25) is 0 Å². The Morgan fingerprint density at radius 2 is 0.729 bits per heavy atom. The van der Waals surface area contributed by atoms with Crippen LogP contribution < -0.4 is 11.5 Å². The van der Waals surface area contributed by atoms with Gasteiger partial charge in [-0.2, -0.15) is 0 Å². The van der Waals surface area contributed by atoms with Gasteiger partial charge in [-0.05, 0) is 25.7 Å². The third-order valence-corrected chi connectivity index (χ3v) is 13.4. The molecule has 0 saturated heterocycles. The molecule has 0 aromatic rings. The van der Waals surface area contributed by atoms with E-state index in [4.69, 9.17) is 16.2 Å². The second kappa shape index (κ2) is 46.8. The van der Waals surface area contributed by atoms with Gasteiger partial charge >= 0.3 is 5.97 Å². The van der Waals surface area contributed by atoms with Crippen molar-refractivity contribution in [2.75, 3.05) is 26.2 Å². The van der Waals surface area contributed by atoms with Gasteiger partial charge in [0.15, 0.2) is 0 Å². The molecular formula is C54H111N3O2. The molecule has 0 aliphatic carbocycles. The molecule has 0 bridgehead atoms. The highest BCUT2D eigenvalue weighted by Crippen LogP contribution is 2.33. The molecule has 4 N–H and O–H groups in total. The summed E-state index contributed by atoms with van der Waals surface area (Å²) in [6.07, 6.45) is 55.1. The van der Waals surface area contributed by atoms with Gasteiger partial charge in [-0.25, -0.2) is 0 Å². The Morgan fingerprint density at radius 1 is 0.441 bits per heavy atom. The van der Waals surface area contributed by atoms with Gasteiger partial charge in [0.2, 0.25) is 0 Å². The van der Waals surface area contributed by atoms with Crippen LogP contribution in [0.5, 0.6) is 0 Å². The summed E-state index contributed by atoms with van der Waals surface area (Å²) in [5, 5.41) is 0. The number of ether oxygens (including phenoxy) is 1. The Kier molecular flexibility index (Phi) is 46.3. The molecule has 0 radical (unpaired) electrons. The van der Waals surface area contributed by atoms with Gasteiger partial charge < -0.3 is 16.2 Å². The summed E-state index contributed by atoms with van der Waals surface area (Å²) < 4.78 is 6.38. The number of nitrogens with zero attached hydrogens (tertiary/aromatic N) is 1. The number of rotatable bonds is 50. The van der Waals surface area contributed by atoms with Gasteiger partial charge in [0.25, 0.3) is 0 Å². The van der Waals surface area contributed by atoms with E-state index >= 15 is 0 Å². The zero-order valence-corrected chi connectivity index (χ0v) is 41.2. The van der Waals surface area contributed by atoms with Crippen molar-refractivity contribution in [3.05, 3.63) is 0 Å². The number of nitrogens with two attached hydrogens (primary N) is 2. The molecule has 0 amide bonds. The molecule has 0 aromatic heterocycles. The first-order chi connectivity index (χ1) is 29.0. The van der Waals surface area contributed by atoms with Crippen LogP contribution >= 0.6 is 0 Å². The minimum atomic E-state index is -0.617. The SMILES string of the molecule is CCCCCCCCCCCCOC(=O)C(CCCCCCCCCCCC)(CCCCCCCCCCCC)N(CCN)CC(N)CCCCCCCCCCCC. The van der Waals surface area contributed by atoms with Crippen molar-refractivity contribution in [3.63, 3.8) is 0 Å². The van der Waals surface area contributed by atoms with Gasteiger partial charge in [-0.1, -0.05) is 278 Å². The molecule has 1 atom stereocenters. The maximum atomic E-state index is 14.7. The monoisotopic (exact) mass is 834 g/mol. The van der Waals surface area contributed by atoms with Crippen molar-refractivity contribution < 1.29 is 9.53 Å². The molecule has 0 aliphatic heterocycles. The fourth-order valence-electron chi connectivity index (χ4n) is 9.38. The molecule has 0 rings (SSSR count). The highest BCUT2D eigenvalue weighted by atomic mass is 16.5. The van der Waals surface area contributed by atoms with E-state index in [1.54, 1.807) is 0 Å². The van der Waals surface area contributed by atoms with Crippen molar-refractivity contribution in [1.82, 2.24) is 4.90 Å². The van der Waals surface area contributed by atoms with E-state index in [-0.39, 0.29) is 12.0 Å². The number of hydrogen-bond donors (Lipinski definition) is 2. The summed E-state index contributed by atoms with van der Waals surface area (Å²) in [6, 6.07) is 0.0603. The summed E-state index contributed by atoms with van der Waals surface area (Å²) in [5.74, 6) is 0.0276. The quantitative estimate of drug-likeness (QED) is 0.0471. The Bertz CT molecular complexity index is 797. The molecule has 354 valence electrons. The van der Waals surface area contributed by atoms with Crippen molar-refractivity contribution in [2.24, 2.45) is 11.5 Å². The van der Waals surface area contributed by atoms with Crippen molar-refractivity contribution in [1.29, 1.82) is 0 Å². The van der Waals surface area contributed by atoms with E-state index in [2.05, 4.69) is 32.6 Å². The Balaban J connectivity index is 5.60. The first-order valence-electron chi connectivity index (χ1n) is 27.4. The van der Waals surface area contributed by atoms with Gasteiger partial charge in [0.05, 0.1) is 6.61 Å². The average molecular weight is 835 g/mol. The topological polar surface area (TPSA) is 81.6 Å². The lowest BCUT2D eigenvalue weighted by Gasteiger charge is -2.43. The molecule has 0 spiro atoms. The minimum absolute atomic E-state index is 0.0276. The smallest absolute Gasteiger partial charge is 0.326 e. The highest BCUT2D eigenvalue weighted by Gasteiger charge is 2.44. The lowest BCUT2D eigenvalue weighted by Crippen LogP contribution is -2.59. The van der Waals surface area contributed by atoms with Crippen LogP contribution in [0.25, 0.3) is 0 Å². The number of esters is 1. The van der Waals surface area contributed by atoms with E-state index in [0.29, 0.717) is 19.7 Å². The Morgan fingerprint density at radius 3 is 1.05 bits per heavy atom. The molecule has 0 aromatic carbocycles. The molecule has 59 heavy (non-hydrogen) atoms. The first kappa shape index (κ1) is 58.4. The lowest BCUT2D eigenvalue weighted by molar-refractivity contribution is -0.160. The van der Waals surface area contributed by atoms with Crippen LogP contribution in [0.1, 0.15) is 304 Å². The molecule has 0 heterocycles. The summed E-state index contributed by atoms with van der Waals surface area (Å²) in [5.41, 5.74) is 12.8. The number of unbranched alkanes of at least 4 members (excludes halogenated alkanes) is 36. The fraction of sp³-hybridized carbons (Fsp3) is 0.981. The summed E-state index contributed by atoms with van der Waals surface area (Å²) in [7, 11) is 0. The van der Waals surface area contributed by atoms with Crippen LogP contribution in [0, 0.1) is 0 Å². The lowest BCUT2D eigenvalue weighted by atomic mass is 9.83. The molecule has 0 saturated carbocycles. The van der Waals surface area contributed by atoms with Crippen LogP contribution in [0.15, 0.2) is 0 Å². The second-order valence-corrected chi connectivity index (χ2v) is 19.2. The predicted molar refractivity (Wildman–Crippen MR) is 264 cm³/mol. The van der Waals surface area contributed by atoms with Crippen LogP contribution in [-0.4, -0.2) is 48.7 Å². The summed E-state index contributed by atoms with van der Waals surface area (Å²) in [4.78, 5) is 17.2. The van der Waals surface area contributed by atoms with Gasteiger partial charge in [0, 0.05) is 25.7 Å². The zero-order chi connectivity index (χ0) is 43.2. The van der Waals surface area contributed by atoms with Gasteiger partial charge in [0.1, 0.15) is 5.54 Å². The number of carbonyl (C=O) groups is 1. The van der Waals surface area contributed by atoms with E-state index in [0.717, 1.165) is 51.5 Å². The van der Waals surface area contributed by atoms with Crippen molar-refractivity contribution in [2.45, 2.75) is 315 Å². The predicted octanol–water partition coefficient (Wildman–Crippen LogP) is 16.7. The molecule has 1 unspecified atom stereocenters. The van der Waals surface area contributed by atoms with Crippen LogP contribution in [-0.2, 0) is 9.53 Å². The molecule has 5 nitrogen and oxygen atoms in total. The zero-order valence-electron chi connectivity index (χ0n) is 41.2. The minimum Gasteiger partial charge on any atom is -0.464 e. The summed E-state index contributed by atoms with van der Waals surface area (Å²) >= 11 is 0. The fourth-order valence-corrected chi connectivity index (χ4v) is 9.38. The molecular weight excluding hydrogens is 723 g/mol. The van der Waals surface area contributed by atoms with E-state index in [1.165, 1.54) is 231 Å². The summed E-state index contributed by atoms with van der Waals surface area (Å²) in [6.45, 7) is 11.7. The van der Waals surface area contributed by atoms with Crippen molar-refractivity contribution >= 4 is 5.97 Å². The van der Waals surface area contributed by atoms with E-state index < -0.39 is 5.54 Å². The van der Waals surface area contributed by atoms with E-state index in [1.807, 2.05) is 0 Å². The van der Waals surface area contributed by atoms with Crippen molar-refractivity contribution in [3.8, 4) is 0 Å². The number of hydrogen-bond acceptors (Lipinski definition) is 5. The standard InChI is InChI=1S/C54H111N3O2/c1-5-9-13-17-21-25-29-33-37-41-45-52(56)51-57(49-48-55)54(46-42-38-34-30-26-22-18-14-10-6-2,47-43-39-35-31-27-23-19-15-11-7-3)53(58)59-50-44-40-36-32-28-24-20-16-12-8-4/h52H,5-51,55-56H2,1-4H3. The number of carbonyl (C=O) groups excluding carboxylic acids is 1. The molecule has 5 heteroatoms. The van der Waals surface area contributed by atoms with Gasteiger partial charge in [-0.15, -0.1) is 0 Å². The highest BCUT2D eigenvalue weighted by molar-refractivity contribution is 5.81. The molecule has 0 aliphatic rings. The second-order valence-electron chi connectivity index (χ2n) is 19.2. The average Bonchev–Trinajstić information content (AvgIpc) is 3.23. The third-order valence-electron chi connectivity index (χ3n) is 13.4.